The van der Waals surface area contributed by atoms with Crippen LogP contribution in [0, 0.1) is 0 Å². The molecule has 0 amide bonds. The van der Waals surface area contributed by atoms with E-state index in [4.69, 9.17) is 9.26 Å². The summed E-state index contributed by atoms with van der Waals surface area (Å²) in [6.45, 7) is 3.09. The van der Waals surface area contributed by atoms with Gasteiger partial charge in [0.2, 0.25) is 0 Å². The molecule has 0 aliphatic carbocycles. The highest BCUT2D eigenvalue weighted by molar-refractivity contribution is 5.62. The number of aromatic nitrogens is 3. The molecule has 3 aromatic rings. The number of methoxy groups -OCH3 is 1. The third-order valence-electron chi connectivity index (χ3n) is 4.80. The highest BCUT2D eigenvalue weighted by Crippen LogP contribution is 2.31. The third kappa shape index (κ3) is 3.44. The van der Waals surface area contributed by atoms with Crippen LogP contribution in [0.2, 0.25) is 0 Å². The first-order valence-electron chi connectivity index (χ1n) is 8.64. The molecule has 0 radical (unpaired) electrons. The van der Waals surface area contributed by atoms with Crippen molar-refractivity contribution in [3.8, 4) is 17.2 Å². The maximum atomic E-state index is 5.50. The van der Waals surface area contributed by atoms with Crippen LogP contribution >= 0.6 is 0 Å². The highest BCUT2D eigenvalue weighted by atomic mass is 16.5. The molecule has 0 spiro atoms. The molecule has 25 heavy (non-hydrogen) atoms. The van der Waals surface area contributed by atoms with Crippen LogP contribution in [0.3, 0.4) is 0 Å². The molecule has 0 bridgehead atoms. The minimum atomic E-state index is 0.356. The normalized spacial score (nSPS) is 16.2. The Hall–Kier alpha value is -2.60. The van der Waals surface area contributed by atoms with Gasteiger partial charge in [-0.1, -0.05) is 17.3 Å². The van der Waals surface area contributed by atoms with Crippen LogP contribution in [-0.2, 0) is 6.54 Å². The van der Waals surface area contributed by atoms with Gasteiger partial charge >= 0.3 is 0 Å². The van der Waals surface area contributed by atoms with Gasteiger partial charge in [0.15, 0.2) is 5.82 Å². The number of ether oxygens (including phenoxy) is 1. The molecule has 130 valence electrons. The van der Waals surface area contributed by atoms with E-state index >= 15 is 0 Å². The average Bonchev–Trinajstić information content (AvgIpc) is 3.34. The van der Waals surface area contributed by atoms with E-state index in [0.717, 1.165) is 49.6 Å². The molecular formula is C19H22N4O2. The van der Waals surface area contributed by atoms with Crippen LogP contribution < -0.4 is 4.74 Å². The average molecular weight is 338 g/mol. The molecule has 6 heteroatoms. The number of benzene rings is 1. The van der Waals surface area contributed by atoms with Crippen molar-refractivity contribution in [2.24, 2.45) is 0 Å². The monoisotopic (exact) mass is 338 g/mol. The number of hydrogen-bond donors (Lipinski definition) is 1. The molecule has 3 heterocycles. The Labute approximate surface area is 146 Å². The van der Waals surface area contributed by atoms with Gasteiger partial charge in [0.1, 0.15) is 5.75 Å². The molecule has 1 aliphatic rings. The lowest BCUT2D eigenvalue weighted by Crippen LogP contribution is -2.32. The summed E-state index contributed by atoms with van der Waals surface area (Å²) < 4.78 is 10.9. The van der Waals surface area contributed by atoms with Crippen molar-refractivity contribution >= 4 is 0 Å². The van der Waals surface area contributed by atoms with Gasteiger partial charge in [-0.05, 0) is 49.7 Å². The van der Waals surface area contributed by atoms with Gasteiger partial charge in [-0.2, -0.15) is 4.98 Å². The predicted molar refractivity (Wildman–Crippen MR) is 94.3 cm³/mol. The molecule has 1 aromatic carbocycles. The van der Waals surface area contributed by atoms with E-state index in [1.54, 1.807) is 7.11 Å². The topological polar surface area (TPSA) is 67.2 Å². The zero-order valence-corrected chi connectivity index (χ0v) is 14.3. The molecule has 2 aromatic heterocycles. The number of nitrogens with one attached hydrogen (secondary N) is 1. The number of para-hydroxylation sites is 1. The van der Waals surface area contributed by atoms with Crippen LogP contribution in [0.25, 0.3) is 11.5 Å². The van der Waals surface area contributed by atoms with Crippen molar-refractivity contribution in [2.75, 3.05) is 20.2 Å². The summed E-state index contributed by atoms with van der Waals surface area (Å²) in [5.74, 6) is 2.44. The molecule has 1 N–H and O–H groups in total. The number of likely N-dealkylation sites (tertiary alicyclic amines) is 1. The summed E-state index contributed by atoms with van der Waals surface area (Å²) in [4.78, 5) is 10.2. The molecule has 0 atom stereocenters. The minimum absolute atomic E-state index is 0.356. The standard InChI is InChI=1S/C19H22N4O2/c1-24-17-5-3-2-4-16(17)19-21-18(22-25-19)15-7-10-23(11-8-15)13-14-6-9-20-12-14/h2-6,9,12,15,20H,7-8,10-11,13H2,1H3. The van der Waals surface area contributed by atoms with E-state index < -0.39 is 0 Å². The van der Waals surface area contributed by atoms with Crippen molar-refractivity contribution < 1.29 is 9.26 Å². The molecule has 4 rings (SSSR count). The van der Waals surface area contributed by atoms with Crippen molar-refractivity contribution in [1.82, 2.24) is 20.0 Å². The van der Waals surface area contributed by atoms with Gasteiger partial charge < -0.3 is 14.2 Å². The lowest BCUT2D eigenvalue weighted by molar-refractivity contribution is 0.200. The Bertz CT molecular complexity index is 804. The zero-order chi connectivity index (χ0) is 17.1. The van der Waals surface area contributed by atoms with E-state index in [9.17, 15) is 0 Å². The summed E-state index contributed by atoms with van der Waals surface area (Å²) in [5.41, 5.74) is 2.17. The maximum absolute atomic E-state index is 5.50. The fraction of sp³-hybridized carbons (Fsp3) is 0.368. The first-order valence-corrected chi connectivity index (χ1v) is 8.64. The predicted octanol–water partition coefficient (Wildman–Crippen LogP) is 3.45. The van der Waals surface area contributed by atoms with E-state index in [1.807, 2.05) is 30.5 Å². The van der Waals surface area contributed by atoms with Crippen molar-refractivity contribution in [1.29, 1.82) is 0 Å². The summed E-state index contributed by atoms with van der Waals surface area (Å²) in [5, 5.41) is 4.23. The first kappa shape index (κ1) is 15.9. The quantitative estimate of drug-likeness (QED) is 0.772. The van der Waals surface area contributed by atoms with Crippen LogP contribution in [-0.4, -0.2) is 40.2 Å². The van der Waals surface area contributed by atoms with Crippen LogP contribution in [0.15, 0.2) is 47.2 Å². The first-order chi connectivity index (χ1) is 12.3. The number of aromatic amines is 1. The summed E-state index contributed by atoms with van der Waals surface area (Å²) in [7, 11) is 1.65. The Balaban J connectivity index is 1.41. The third-order valence-corrected chi connectivity index (χ3v) is 4.80. The summed E-state index contributed by atoms with van der Waals surface area (Å²) >= 11 is 0. The Kier molecular flexibility index (Phi) is 4.52. The van der Waals surface area contributed by atoms with Crippen molar-refractivity contribution in [2.45, 2.75) is 25.3 Å². The Morgan fingerprint density at radius 3 is 2.84 bits per heavy atom. The Morgan fingerprint density at radius 1 is 1.24 bits per heavy atom. The number of piperidine rings is 1. The fourth-order valence-electron chi connectivity index (χ4n) is 3.40. The molecule has 6 nitrogen and oxygen atoms in total. The van der Waals surface area contributed by atoms with E-state index in [-0.39, 0.29) is 0 Å². The van der Waals surface area contributed by atoms with Gasteiger partial charge in [0.25, 0.3) is 5.89 Å². The largest absolute Gasteiger partial charge is 0.496 e. The van der Waals surface area contributed by atoms with Crippen molar-refractivity contribution in [3.05, 3.63) is 54.1 Å². The molecule has 1 aliphatic heterocycles. The van der Waals surface area contributed by atoms with E-state index in [2.05, 4.69) is 32.3 Å². The molecule has 0 unspecified atom stereocenters. The van der Waals surface area contributed by atoms with Gasteiger partial charge in [0, 0.05) is 24.9 Å². The van der Waals surface area contributed by atoms with Crippen molar-refractivity contribution in [3.63, 3.8) is 0 Å². The number of nitrogens with zero attached hydrogens (tertiary/aromatic N) is 3. The maximum Gasteiger partial charge on any atom is 0.261 e. The van der Waals surface area contributed by atoms with E-state index in [1.165, 1.54) is 5.56 Å². The second kappa shape index (κ2) is 7.11. The SMILES string of the molecule is COc1ccccc1-c1nc(C2CCN(Cc3cc[nH]c3)CC2)no1. The zero-order valence-electron chi connectivity index (χ0n) is 14.3. The van der Waals surface area contributed by atoms with Crippen LogP contribution in [0.5, 0.6) is 5.75 Å². The van der Waals surface area contributed by atoms with Crippen LogP contribution in [0.1, 0.15) is 30.1 Å². The second-order valence-corrected chi connectivity index (χ2v) is 6.43. The highest BCUT2D eigenvalue weighted by Gasteiger charge is 2.25. The molecule has 1 saturated heterocycles. The van der Waals surface area contributed by atoms with Gasteiger partial charge in [-0.3, -0.25) is 4.90 Å². The second-order valence-electron chi connectivity index (χ2n) is 6.43. The lowest BCUT2D eigenvalue weighted by Gasteiger charge is -2.30. The summed E-state index contributed by atoms with van der Waals surface area (Å²) in [6, 6.07) is 9.85. The van der Waals surface area contributed by atoms with Crippen LogP contribution in [0.4, 0.5) is 0 Å². The van der Waals surface area contributed by atoms with Gasteiger partial charge in [0.05, 0.1) is 12.7 Å². The van der Waals surface area contributed by atoms with Gasteiger partial charge in [-0.15, -0.1) is 0 Å². The smallest absolute Gasteiger partial charge is 0.261 e. The molecule has 0 saturated carbocycles. The number of hydrogen-bond acceptors (Lipinski definition) is 5. The number of H-pyrrole nitrogens is 1. The number of rotatable bonds is 5. The lowest BCUT2D eigenvalue weighted by atomic mass is 9.96. The Morgan fingerprint density at radius 2 is 2.08 bits per heavy atom. The summed E-state index contributed by atoms with van der Waals surface area (Å²) in [6.07, 6.45) is 6.14. The molecule has 1 fully saturated rings. The van der Waals surface area contributed by atoms with Gasteiger partial charge in [-0.25, -0.2) is 0 Å². The molecular weight excluding hydrogens is 316 g/mol. The van der Waals surface area contributed by atoms with E-state index in [0.29, 0.717) is 11.8 Å². The fourth-order valence-corrected chi connectivity index (χ4v) is 3.40. The minimum Gasteiger partial charge on any atom is -0.496 e.